The predicted molar refractivity (Wildman–Crippen MR) is 128 cm³/mol. The van der Waals surface area contributed by atoms with E-state index in [-0.39, 0.29) is 18.1 Å². The maximum absolute atomic E-state index is 12.7. The van der Waals surface area contributed by atoms with Crippen LogP contribution in [0.25, 0.3) is 6.08 Å². The fourth-order valence-electron chi connectivity index (χ4n) is 2.96. The number of nitrogens with one attached hydrogen (secondary N) is 1. The quantitative estimate of drug-likeness (QED) is 0.359. The minimum atomic E-state index is -3.73. The molecule has 0 unspecified atom stereocenters. The molecule has 10 heteroatoms. The van der Waals surface area contributed by atoms with E-state index in [1.165, 1.54) is 53.4 Å². The molecule has 0 bridgehead atoms. The van der Waals surface area contributed by atoms with Crippen molar-refractivity contribution in [2.24, 2.45) is 0 Å². The number of benzene rings is 3. The molecule has 0 fully saturated rings. The summed E-state index contributed by atoms with van der Waals surface area (Å²) in [6, 6.07) is 19.0. The van der Waals surface area contributed by atoms with Gasteiger partial charge < -0.3 is 4.90 Å². The number of carbonyl (C=O) groups is 1. The molecule has 3 aromatic carbocycles. The highest BCUT2D eigenvalue weighted by atomic mass is 35.5. The number of rotatable bonds is 8. The molecule has 3 rings (SSSR count). The SMILES string of the molecule is CN(Cc1cc([N+](=O)[O-])ccc1Cl)C(=O)c1ccc(NS(=O)(=O)/C=C/c2ccccc2)cc1. The summed E-state index contributed by atoms with van der Waals surface area (Å²) in [5, 5.41) is 12.4. The van der Waals surface area contributed by atoms with Crippen LogP contribution in [-0.2, 0) is 16.6 Å². The number of hydrogen-bond donors (Lipinski definition) is 1. The molecule has 0 radical (unpaired) electrons. The van der Waals surface area contributed by atoms with Crippen molar-refractivity contribution < 1.29 is 18.1 Å². The standard InChI is InChI=1S/C23H20ClN3O5S/c1-26(16-19-15-21(27(29)30)11-12-22(19)24)23(28)18-7-9-20(10-8-18)25-33(31,32)14-13-17-5-3-2-4-6-17/h2-15,25H,16H2,1H3/b14-13+. The van der Waals surface area contributed by atoms with E-state index >= 15 is 0 Å². The van der Waals surface area contributed by atoms with Gasteiger partial charge >= 0.3 is 0 Å². The maximum atomic E-state index is 12.7. The molecular formula is C23H20ClN3O5S. The second-order valence-electron chi connectivity index (χ2n) is 7.13. The van der Waals surface area contributed by atoms with Crippen molar-refractivity contribution in [1.82, 2.24) is 4.90 Å². The highest BCUT2D eigenvalue weighted by molar-refractivity contribution is 7.95. The Kier molecular flexibility index (Phi) is 7.47. The Balaban J connectivity index is 1.67. The van der Waals surface area contributed by atoms with Crippen LogP contribution < -0.4 is 4.72 Å². The molecule has 0 aromatic heterocycles. The van der Waals surface area contributed by atoms with Crippen molar-refractivity contribution in [3.63, 3.8) is 0 Å². The molecule has 1 N–H and O–H groups in total. The molecule has 0 aliphatic rings. The van der Waals surface area contributed by atoms with E-state index < -0.39 is 14.9 Å². The molecule has 3 aromatic rings. The van der Waals surface area contributed by atoms with Gasteiger partial charge in [-0.25, -0.2) is 8.42 Å². The van der Waals surface area contributed by atoms with Crippen LogP contribution in [-0.4, -0.2) is 31.2 Å². The molecule has 1 amide bonds. The van der Waals surface area contributed by atoms with Gasteiger partial charge in [0, 0.05) is 42.0 Å². The Morgan fingerprint density at radius 1 is 1.09 bits per heavy atom. The summed E-state index contributed by atoms with van der Waals surface area (Å²) >= 11 is 6.11. The fourth-order valence-corrected chi connectivity index (χ4v) is 4.00. The van der Waals surface area contributed by atoms with Crippen LogP contribution in [0.15, 0.2) is 78.2 Å². The fraction of sp³-hybridized carbons (Fsp3) is 0.0870. The van der Waals surface area contributed by atoms with Crippen LogP contribution in [0.5, 0.6) is 0 Å². The first-order chi connectivity index (χ1) is 15.6. The molecular weight excluding hydrogens is 466 g/mol. The zero-order valence-electron chi connectivity index (χ0n) is 17.5. The summed E-state index contributed by atoms with van der Waals surface area (Å²) in [6.07, 6.45) is 1.48. The van der Waals surface area contributed by atoms with E-state index in [9.17, 15) is 23.3 Å². The van der Waals surface area contributed by atoms with E-state index in [0.717, 1.165) is 11.0 Å². The van der Waals surface area contributed by atoms with Crippen LogP contribution in [0, 0.1) is 10.1 Å². The van der Waals surface area contributed by atoms with Crippen molar-refractivity contribution in [3.8, 4) is 0 Å². The van der Waals surface area contributed by atoms with E-state index in [2.05, 4.69) is 4.72 Å². The van der Waals surface area contributed by atoms with Gasteiger partial charge in [0.05, 0.1) is 10.3 Å². The molecule has 0 aliphatic heterocycles. The summed E-state index contributed by atoms with van der Waals surface area (Å²) in [5.41, 5.74) is 1.69. The highest BCUT2D eigenvalue weighted by Crippen LogP contribution is 2.24. The molecule has 0 spiro atoms. The smallest absolute Gasteiger partial charge is 0.269 e. The zero-order valence-corrected chi connectivity index (χ0v) is 19.1. The van der Waals surface area contributed by atoms with Gasteiger partial charge in [0.2, 0.25) is 0 Å². The first kappa shape index (κ1) is 24.0. The molecule has 170 valence electrons. The zero-order chi connectivity index (χ0) is 24.0. The van der Waals surface area contributed by atoms with Gasteiger partial charge in [-0.15, -0.1) is 0 Å². The Morgan fingerprint density at radius 2 is 1.76 bits per heavy atom. The number of nitro groups is 1. The molecule has 0 saturated heterocycles. The largest absolute Gasteiger partial charge is 0.337 e. The highest BCUT2D eigenvalue weighted by Gasteiger charge is 2.16. The molecule has 33 heavy (non-hydrogen) atoms. The van der Waals surface area contributed by atoms with Crippen molar-refractivity contribution >= 4 is 45.0 Å². The van der Waals surface area contributed by atoms with Gasteiger partial charge in [0.1, 0.15) is 0 Å². The normalized spacial score (nSPS) is 11.3. The number of carbonyl (C=O) groups excluding carboxylic acids is 1. The Bertz CT molecular complexity index is 1290. The number of anilines is 1. The lowest BCUT2D eigenvalue weighted by atomic mass is 10.1. The Morgan fingerprint density at radius 3 is 2.39 bits per heavy atom. The summed E-state index contributed by atoms with van der Waals surface area (Å²) in [6.45, 7) is 0.0675. The van der Waals surface area contributed by atoms with Crippen LogP contribution in [0.1, 0.15) is 21.5 Å². The minimum absolute atomic E-state index is 0.0675. The lowest BCUT2D eigenvalue weighted by Crippen LogP contribution is -2.26. The van der Waals surface area contributed by atoms with Crippen molar-refractivity contribution in [1.29, 1.82) is 0 Å². The van der Waals surface area contributed by atoms with Crippen molar-refractivity contribution in [3.05, 3.63) is 110 Å². The van der Waals surface area contributed by atoms with E-state index in [0.29, 0.717) is 21.8 Å². The first-order valence-electron chi connectivity index (χ1n) is 9.69. The molecule has 0 saturated carbocycles. The monoisotopic (exact) mass is 485 g/mol. The van der Waals surface area contributed by atoms with Crippen LogP contribution in [0.4, 0.5) is 11.4 Å². The number of amides is 1. The summed E-state index contributed by atoms with van der Waals surface area (Å²) in [7, 11) is -2.19. The van der Waals surface area contributed by atoms with Gasteiger partial charge in [-0.2, -0.15) is 0 Å². The lowest BCUT2D eigenvalue weighted by Gasteiger charge is -2.18. The summed E-state index contributed by atoms with van der Waals surface area (Å²) in [4.78, 5) is 24.5. The van der Waals surface area contributed by atoms with Crippen LogP contribution in [0.2, 0.25) is 5.02 Å². The topological polar surface area (TPSA) is 110 Å². The molecule has 0 aliphatic carbocycles. The molecule has 0 atom stereocenters. The van der Waals surface area contributed by atoms with Gasteiger partial charge in [0.25, 0.3) is 21.6 Å². The Labute approximate surface area is 196 Å². The van der Waals surface area contributed by atoms with Gasteiger partial charge in [-0.3, -0.25) is 19.6 Å². The maximum Gasteiger partial charge on any atom is 0.269 e. The lowest BCUT2D eigenvalue weighted by molar-refractivity contribution is -0.384. The van der Waals surface area contributed by atoms with Gasteiger partial charge in [0.15, 0.2) is 0 Å². The predicted octanol–water partition coefficient (Wildman–Crippen LogP) is 4.93. The van der Waals surface area contributed by atoms with Crippen molar-refractivity contribution in [2.75, 3.05) is 11.8 Å². The second kappa shape index (κ2) is 10.3. The van der Waals surface area contributed by atoms with E-state index in [1.807, 2.05) is 6.07 Å². The second-order valence-corrected chi connectivity index (χ2v) is 9.11. The van der Waals surface area contributed by atoms with Gasteiger partial charge in [-0.1, -0.05) is 41.9 Å². The average Bonchev–Trinajstić information content (AvgIpc) is 2.79. The first-order valence-corrected chi connectivity index (χ1v) is 11.6. The number of nitro benzene ring substituents is 1. The number of sulfonamides is 1. The third-order valence-corrected chi connectivity index (χ3v) is 6.01. The third kappa shape index (κ3) is 6.64. The molecule has 0 heterocycles. The average molecular weight is 486 g/mol. The number of non-ortho nitro benzene ring substituents is 1. The summed E-state index contributed by atoms with van der Waals surface area (Å²) < 4.78 is 27.0. The number of halogens is 1. The van der Waals surface area contributed by atoms with Crippen molar-refractivity contribution in [2.45, 2.75) is 6.54 Å². The Hall–Kier alpha value is -3.69. The van der Waals surface area contributed by atoms with Gasteiger partial charge in [-0.05, 0) is 47.5 Å². The van der Waals surface area contributed by atoms with Crippen LogP contribution in [0.3, 0.4) is 0 Å². The number of nitrogens with zero attached hydrogens (tertiary/aromatic N) is 2. The minimum Gasteiger partial charge on any atom is -0.337 e. The molecule has 8 nitrogen and oxygen atoms in total. The van der Waals surface area contributed by atoms with E-state index in [4.69, 9.17) is 11.6 Å². The van der Waals surface area contributed by atoms with E-state index in [1.54, 1.807) is 31.3 Å². The summed E-state index contributed by atoms with van der Waals surface area (Å²) in [5.74, 6) is -0.351. The number of hydrogen-bond acceptors (Lipinski definition) is 5. The third-order valence-electron chi connectivity index (χ3n) is 4.63. The van der Waals surface area contributed by atoms with Crippen LogP contribution >= 0.6 is 11.6 Å².